The van der Waals surface area contributed by atoms with Crippen LogP contribution in [0.2, 0.25) is 0 Å². The minimum absolute atomic E-state index is 0.0569. The molecule has 3 N–H and O–H groups in total. The third kappa shape index (κ3) is 4.77. The molecular formula is C17H15N5O3S. The number of hydrazone groups is 1. The summed E-state index contributed by atoms with van der Waals surface area (Å²) < 4.78 is 5.72. The highest BCUT2D eigenvalue weighted by Gasteiger charge is 2.04. The quantitative estimate of drug-likeness (QED) is 0.373. The van der Waals surface area contributed by atoms with E-state index < -0.39 is 4.92 Å². The van der Waals surface area contributed by atoms with Crippen LogP contribution >= 0.6 is 11.3 Å². The van der Waals surface area contributed by atoms with Gasteiger partial charge in [-0.25, -0.2) is 4.98 Å². The monoisotopic (exact) mass is 369 g/mol. The first-order valence-corrected chi connectivity index (χ1v) is 8.44. The number of anilines is 2. The number of nitrogens with one attached hydrogen (secondary N) is 1. The maximum absolute atomic E-state index is 10.7. The minimum atomic E-state index is -0.429. The zero-order chi connectivity index (χ0) is 18.4. The second-order valence-corrected chi connectivity index (χ2v) is 6.09. The molecule has 0 spiro atoms. The molecule has 0 saturated heterocycles. The SMILES string of the molecule is Nc1csc(NN=Cc2cccc(OCc3ccc([N+](=O)[O-])cc3)c2)n1. The van der Waals surface area contributed by atoms with Gasteiger partial charge >= 0.3 is 0 Å². The van der Waals surface area contributed by atoms with Crippen LogP contribution in [0.5, 0.6) is 5.75 Å². The predicted octanol–water partition coefficient (Wildman–Crippen LogP) is 3.66. The third-order valence-electron chi connectivity index (χ3n) is 3.31. The van der Waals surface area contributed by atoms with Gasteiger partial charge in [-0.2, -0.15) is 5.10 Å². The fourth-order valence-corrected chi connectivity index (χ4v) is 2.61. The van der Waals surface area contributed by atoms with Crippen LogP contribution in [0.3, 0.4) is 0 Å². The molecule has 0 amide bonds. The highest BCUT2D eigenvalue weighted by Crippen LogP contribution is 2.18. The molecule has 9 heteroatoms. The van der Waals surface area contributed by atoms with Crippen molar-refractivity contribution in [3.05, 3.63) is 75.2 Å². The van der Waals surface area contributed by atoms with Crippen LogP contribution in [0.4, 0.5) is 16.6 Å². The number of nitro benzene ring substituents is 1. The maximum Gasteiger partial charge on any atom is 0.269 e. The van der Waals surface area contributed by atoms with E-state index in [-0.39, 0.29) is 5.69 Å². The van der Waals surface area contributed by atoms with Gasteiger partial charge < -0.3 is 10.5 Å². The number of non-ortho nitro benzene ring substituents is 1. The molecular weight excluding hydrogens is 354 g/mol. The van der Waals surface area contributed by atoms with Crippen molar-refractivity contribution in [2.45, 2.75) is 6.61 Å². The molecule has 0 saturated carbocycles. The normalized spacial score (nSPS) is 10.8. The molecule has 0 aliphatic carbocycles. The number of nitrogens with zero attached hydrogens (tertiary/aromatic N) is 3. The van der Waals surface area contributed by atoms with Crippen LogP contribution < -0.4 is 15.9 Å². The number of rotatable bonds is 7. The van der Waals surface area contributed by atoms with Crippen LogP contribution in [0, 0.1) is 10.1 Å². The van der Waals surface area contributed by atoms with Gasteiger partial charge in [-0.15, -0.1) is 11.3 Å². The number of thiazole rings is 1. The van der Waals surface area contributed by atoms with Crippen LogP contribution in [-0.2, 0) is 6.61 Å². The summed E-state index contributed by atoms with van der Waals surface area (Å²) in [6, 6.07) is 13.7. The molecule has 0 radical (unpaired) electrons. The second-order valence-electron chi connectivity index (χ2n) is 5.23. The number of nitro groups is 1. The smallest absolute Gasteiger partial charge is 0.269 e. The summed E-state index contributed by atoms with van der Waals surface area (Å²) in [5.74, 6) is 1.13. The number of nitrogens with two attached hydrogens (primary N) is 1. The number of hydrogen-bond acceptors (Lipinski definition) is 8. The Kier molecular flexibility index (Phi) is 5.40. The Morgan fingerprint density at radius 1 is 1.31 bits per heavy atom. The Morgan fingerprint density at radius 2 is 2.12 bits per heavy atom. The molecule has 26 heavy (non-hydrogen) atoms. The molecule has 0 bridgehead atoms. The first-order valence-electron chi connectivity index (χ1n) is 7.56. The Labute approximate surface area is 153 Å². The van der Waals surface area contributed by atoms with Crippen molar-refractivity contribution in [3.8, 4) is 5.75 Å². The second kappa shape index (κ2) is 8.08. The number of hydrogen-bond donors (Lipinski definition) is 2. The number of ether oxygens (including phenoxy) is 1. The van der Waals surface area contributed by atoms with Gasteiger partial charge in [0.25, 0.3) is 5.69 Å². The van der Waals surface area contributed by atoms with Crippen molar-refractivity contribution in [3.63, 3.8) is 0 Å². The average Bonchev–Trinajstić information content (AvgIpc) is 3.06. The lowest BCUT2D eigenvalue weighted by atomic mass is 10.2. The predicted molar refractivity (Wildman–Crippen MR) is 102 cm³/mol. The average molecular weight is 369 g/mol. The first-order chi connectivity index (χ1) is 12.6. The molecule has 0 unspecified atom stereocenters. The highest BCUT2D eigenvalue weighted by molar-refractivity contribution is 7.14. The Hall–Kier alpha value is -3.46. The first kappa shape index (κ1) is 17.4. The largest absolute Gasteiger partial charge is 0.489 e. The van der Waals surface area contributed by atoms with E-state index in [0.29, 0.717) is 23.3 Å². The van der Waals surface area contributed by atoms with Gasteiger partial charge in [-0.05, 0) is 35.4 Å². The lowest BCUT2D eigenvalue weighted by Gasteiger charge is -2.06. The summed E-state index contributed by atoms with van der Waals surface area (Å²) in [5, 5.41) is 17.1. The topological polar surface area (TPSA) is 116 Å². The molecule has 0 fully saturated rings. The molecule has 0 atom stereocenters. The Morgan fingerprint density at radius 3 is 2.81 bits per heavy atom. The van der Waals surface area contributed by atoms with Gasteiger partial charge in [0.1, 0.15) is 18.2 Å². The summed E-state index contributed by atoms with van der Waals surface area (Å²) in [5.41, 5.74) is 10.1. The number of aromatic nitrogens is 1. The van der Waals surface area contributed by atoms with E-state index in [1.165, 1.54) is 23.5 Å². The van der Waals surface area contributed by atoms with Crippen molar-refractivity contribution in [1.82, 2.24) is 4.98 Å². The van der Waals surface area contributed by atoms with E-state index in [4.69, 9.17) is 10.5 Å². The van der Waals surface area contributed by atoms with Gasteiger partial charge in [-0.1, -0.05) is 12.1 Å². The zero-order valence-corrected chi connectivity index (χ0v) is 14.3. The highest BCUT2D eigenvalue weighted by atomic mass is 32.1. The van der Waals surface area contributed by atoms with Crippen molar-refractivity contribution in [1.29, 1.82) is 0 Å². The van der Waals surface area contributed by atoms with E-state index in [2.05, 4.69) is 15.5 Å². The van der Waals surface area contributed by atoms with Gasteiger partial charge in [0.05, 0.1) is 11.1 Å². The molecule has 3 aromatic rings. The molecule has 0 aliphatic heterocycles. The van der Waals surface area contributed by atoms with Crippen LogP contribution in [0.25, 0.3) is 0 Å². The lowest BCUT2D eigenvalue weighted by molar-refractivity contribution is -0.384. The van der Waals surface area contributed by atoms with Gasteiger partial charge in [0.2, 0.25) is 5.13 Å². The molecule has 8 nitrogen and oxygen atoms in total. The molecule has 3 rings (SSSR count). The Balaban J connectivity index is 1.57. The molecule has 1 aromatic heterocycles. The van der Waals surface area contributed by atoms with E-state index in [0.717, 1.165) is 11.1 Å². The lowest BCUT2D eigenvalue weighted by Crippen LogP contribution is -1.97. The van der Waals surface area contributed by atoms with Crippen LogP contribution in [-0.4, -0.2) is 16.1 Å². The minimum Gasteiger partial charge on any atom is -0.489 e. The van der Waals surface area contributed by atoms with Crippen molar-refractivity contribution >= 4 is 34.2 Å². The van der Waals surface area contributed by atoms with Crippen molar-refractivity contribution < 1.29 is 9.66 Å². The van der Waals surface area contributed by atoms with Gasteiger partial charge in [-0.3, -0.25) is 15.5 Å². The molecule has 2 aromatic carbocycles. The van der Waals surface area contributed by atoms with Crippen molar-refractivity contribution in [2.75, 3.05) is 11.2 Å². The van der Waals surface area contributed by atoms with E-state index >= 15 is 0 Å². The fraction of sp³-hybridized carbons (Fsp3) is 0.0588. The number of benzene rings is 2. The summed E-state index contributed by atoms with van der Waals surface area (Å²) in [7, 11) is 0. The summed E-state index contributed by atoms with van der Waals surface area (Å²) in [6.45, 7) is 0.315. The van der Waals surface area contributed by atoms with Gasteiger partial charge in [0.15, 0.2) is 0 Å². The molecule has 1 heterocycles. The molecule has 132 valence electrons. The summed E-state index contributed by atoms with van der Waals surface area (Å²) in [4.78, 5) is 14.3. The summed E-state index contributed by atoms with van der Waals surface area (Å²) >= 11 is 1.37. The maximum atomic E-state index is 10.7. The van der Waals surface area contributed by atoms with Crippen molar-refractivity contribution in [2.24, 2.45) is 5.10 Å². The third-order valence-corrected chi connectivity index (χ3v) is 4.07. The van der Waals surface area contributed by atoms with E-state index in [1.54, 1.807) is 23.7 Å². The standard InChI is InChI=1S/C17H15N5O3S/c18-16-11-26-17(20-16)21-19-9-13-2-1-3-15(8-13)25-10-12-4-6-14(7-5-12)22(23)24/h1-9,11H,10,18H2,(H,20,21). The Bertz CT molecular complexity index is 924. The van der Waals surface area contributed by atoms with Crippen LogP contribution in [0.1, 0.15) is 11.1 Å². The molecule has 0 aliphatic rings. The zero-order valence-electron chi connectivity index (χ0n) is 13.5. The van der Waals surface area contributed by atoms with E-state index in [9.17, 15) is 10.1 Å². The van der Waals surface area contributed by atoms with E-state index in [1.807, 2.05) is 24.3 Å². The fourth-order valence-electron chi connectivity index (χ4n) is 2.06. The summed E-state index contributed by atoms with van der Waals surface area (Å²) in [6.07, 6.45) is 1.65. The van der Waals surface area contributed by atoms with Gasteiger partial charge in [0, 0.05) is 17.5 Å². The number of nitrogen functional groups attached to an aromatic ring is 1. The van der Waals surface area contributed by atoms with Crippen LogP contribution in [0.15, 0.2) is 59.0 Å².